The molecule has 5 nitrogen and oxygen atoms in total. The van der Waals surface area contributed by atoms with Crippen LogP contribution in [0.3, 0.4) is 0 Å². The van der Waals surface area contributed by atoms with E-state index >= 15 is 0 Å². The van der Waals surface area contributed by atoms with E-state index < -0.39 is 10.0 Å². The van der Waals surface area contributed by atoms with E-state index in [0.29, 0.717) is 39.9 Å². The van der Waals surface area contributed by atoms with Crippen molar-refractivity contribution in [2.24, 2.45) is 0 Å². The van der Waals surface area contributed by atoms with E-state index in [9.17, 15) is 13.2 Å². The summed E-state index contributed by atoms with van der Waals surface area (Å²) in [6, 6.07) is 11.4. The van der Waals surface area contributed by atoms with E-state index in [1.807, 2.05) is 0 Å². The van der Waals surface area contributed by atoms with Crippen LogP contribution in [0.2, 0.25) is 10.0 Å². The minimum Gasteiger partial charge on any atom is -0.322 e. The number of carbonyl (C=O) groups is 1. The number of anilines is 1. The van der Waals surface area contributed by atoms with E-state index in [2.05, 4.69) is 5.32 Å². The van der Waals surface area contributed by atoms with Crippen LogP contribution in [0.5, 0.6) is 0 Å². The molecule has 0 unspecified atom stereocenters. The van der Waals surface area contributed by atoms with Gasteiger partial charge in [-0.25, -0.2) is 12.7 Å². The van der Waals surface area contributed by atoms with Gasteiger partial charge in [-0.15, -0.1) is 0 Å². The number of halogens is 2. The van der Waals surface area contributed by atoms with Gasteiger partial charge >= 0.3 is 0 Å². The van der Waals surface area contributed by atoms with Crippen molar-refractivity contribution < 1.29 is 13.2 Å². The highest BCUT2D eigenvalue weighted by atomic mass is 35.5. The van der Waals surface area contributed by atoms with Crippen molar-refractivity contribution in [1.82, 2.24) is 4.31 Å². The van der Waals surface area contributed by atoms with Gasteiger partial charge in [0.05, 0.1) is 15.8 Å². The fraction of sp³-hybridized carbons (Fsp3) is 0.278. The zero-order chi connectivity index (χ0) is 18.7. The van der Waals surface area contributed by atoms with Crippen molar-refractivity contribution in [2.45, 2.75) is 18.6 Å². The number of hydrogen-bond acceptors (Lipinski definition) is 3. The Kier molecular flexibility index (Phi) is 5.87. The first-order valence-electron chi connectivity index (χ1n) is 8.18. The molecule has 2 aromatic carbocycles. The van der Waals surface area contributed by atoms with Crippen LogP contribution in [0, 0.1) is 0 Å². The molecule has 1 aliphatic rings. The van der Waals surface area contributed by atoms with Gasteiger partial charge in [-0.3, -0.25) is 4.79 Å². The molecule has 0 aliphatic carbocycles. The zero-order valence-corrected chi connectivity index (χ0v) is 16.2. The first-order valence-corrected chi connectivity index (χ1v) is 10.5. The van der Waals surface area contributed by atoms with Gasteiger partial charge in [0.25, 0.3) is 5.91 Å². The summed E-state index contributed by atoms with van der Waals surface area (Å²) in [7, 11) is -3.30. The predicted octanol–water partition coefficient (Wildman–Crippen LogP) is 4.17. The van der Waals surface area contributed by atoms with Crippen molar-refractivity contribution in [2.75, 3.05) is 18.4 Å². The highest BCUT2D eigenvalue weighted by molar-refractivity contribution is 7.88. The molecule has 1 N–H and O–H groups in total. The molecule has 0 bridgehead atoms. The average Bonchev–Trinajstić information content (AvgIpc) is 3.14. The number of nitrogens with zero attached hydrogens (tertiary/aromatic N) is 1. The monoisotopic (exact) mass is 412 g/mol. The molecule has 1 heterocycles. The summed E-state index contributed by atoms with van der Waals surface area (Å²) in [5.41, 5.74) is 1.62. The minimum atomic E-state index is -3.30. The van der Waals surface area contributed by atoms with Gasteiger partial charge in [-0.05, 0) is 48.7 Å². The third kappa shape index (κ3) is 4.57. The second-order valence-corrected chi connectivity index (χ2v) is 8.93. The number of nitrogens with one attached hydrogen (secondary N) is 1. The normalized spacial score (nSPS) is 15.2. The first-order chi connectivity index (χ1) is 12.3. The maximum atomic E-state index is 12.3. The molecule has 0 radical (unpaired) electrons. The van der Waals surface area contributed by atoms with Crippen LogP contribution in [0.15, 0.2) is 42.5 Å². The molecule has 0 atom stereocenters. The van der Waals surface area contributed by atoms with Crippen LogP contribution < -0.4 is 5.32 Å². The standard InChI is InChI=1S/C18H18Cl2N2O3S/c19-16-8-7-15(11-17(16)20)21-18(23)14-5-3-13(4-6-14)12-26(24,25)22-9-1-2-10-22/h3-8,11H,1-2,9-10,12H2,(H,21,23). The molecule has 1 amide bonds. The molecule has 8 heteroatoms. The first kappa shape index (κ1) is 19.2. The Morgan fingerprint density at radius 3 is 2.27 bits per heavy atom. The molecule has 0 saturated carbocycles. The summed E-state index contributed by atoms with van der Waals surface area (Å²) in [5, 5.41) is 3.49. The maximum absolute atomic E-state index is 12.3. The van der Waals surface area contributed by atoms with E-state index in [1.165, 1.54) is 4.31 Å². The molecule has 138 valence electrons. The molecule has 0 aromatic heterocycles. The van der Waals surface area contributed by atoms with Gasteiger partial charge in [0, 0.05) is 24.3 Å². The zero-order valence-electron chi connectivity index (χ0n) is 13.9. The molecule has 0 spiro atoms. The van der Waals surface area contributed by atoms with Crippen LogP contribution in [0.1, 0.15) is 28.8 Å². The van der Waals surface area contributed by atoms with Crippen LogP contribution in [0.4, 0.5) is 5.69 Å². The number of rotatable bonds is 5. The third-order valence-corrected chi connectivity index (χ3v) is 6.79. The summed E-state index contributed by atoms with van der Waals surface area (Å²) in [4.78, 5) is 12.3. The predicted molar refractivity (Wildman–Crippen MR) is 104 cm³/mol. The second kappa shape index (κ2) is 7.96. The lowest BCUT2D eigenvalue weighted by Crippen LogP contribution is -2.29. The molecule has 2 aromatic rings. The van der Waals surface area contributed by atoms with Crippen LogP contribution in [-0.4, -0.2) is 31.7 Å². The lowest BCUT2D eigenvalue weighted by molar-refractivity contribution is 0.102. The van der Waals surface area contributed by atoms with Gasteiger partial charge in [-0.1, -0.05) is 35.3 Å². The van der Waals surface area contributed by atoms with E-state index in [4.69, 9.17) is 23.2 Å². The number of hydrogen-bond donors (Lipinski definition) is 1. The fourth-order valence-corrected chi connectivity index (χ4v) is 4.71. The average molecular weight is 413 g/mol. The van der Waals surface area contributed by atoms with Gasteiger partial charge < -0.3 is 5.32 Å². The van der Waals surface area contributed by atoms with Crippen molar-refractivity contribution >= 4 is 44.8 Å². The van der Waals surface area contributed by atoms with Crippen molar-refractivity contribution in [1.29, 1.82) is 0 Å². The highest BCUT2D eigenvalue weighted by Gasteiger charge is 2.25. The lowest BCUT2D eigenvalue weighted by Gasteiger charge is -2.15. The smallest absolute Gasteiger partial charge is 0.255 e. The van der Waals surface area contributed by atoms with Crippen molar-refractivity contribution in [3.8, 4) is 0 Å². The quantitative estimate of drug-likeness (QED) is 0.800. The Morgan fingerprint density at radius 1 is 1.00 bits per heavy atom. The summed E-state index contributed by atoms with van der Waals surface area (Å²) < 4.78 is 26.2. The van der Waals surface area contributed by atoms with Gasteiger partial charge in [-0.2, -0.15) is 0 Å². The van der Waals surface area contributed by atoms with Crippen LogP contribution >= 0.6 is 23.2 Å². The molecule has 3 rings (SSSR count). The largest absolute Gasteiger partial charge is 0.322 e. The lowest BCUT2D eigenvalue weighted by atomic mass is 10.1. The summed E-state index contributed by atoms with van der Waals surface area (Å²) in [5.74, 6) is -0.362. The molecular weight excluding hydrogens is 395 g/mol. The molecule has 1 fully saturated rings. The van der Waals surface area contributed by atoms with E-state index in [-0.39, 0.29) is 11.7 Å². The van der Waals surface area contributed by atoms with E-state index in [1.54, 1.807) is 42.5 Å². The SMILES string of the molecule is O=C(Nc1ccc(Cl)c(Cl)c1)c1ccc(CS(=O)(=O)N2CCCC2)cc1. The highest BCUT2D eigenvalue weighted by Crippen LogP contribution is 2.25. The van der Waals surface area contributed by atoms with Gasteiger partial charge in [0.15, 0.2) is 0 Å². The number of sulfonamides is 1. The summed E-state index contributed by atoms with van der Waals surface area (Å²) >= 11 is 11.8. The molecule has 26 heavy (non-hydrogen) atoms. The van der Waals surface area contributed by atoms with Crippen molar-refractivity contribution in [3.05, 3.63) is 63.6 Å². The third-order valence-electron chi connectivity index (χ3n) is 4.20. The van der Waals surface area contributed by atoms with Gasteiger partial charge in [0.1, 0.15) is 0 Å². The van der Waals surface area contributed by atoms with Gasteiger partial charge in [0.2, 0.25) is 10.0 Å². The van der Waals surface area contributed by atoms with Crippen molar-refractivity contribution in [3.63, 3.8) is 0 Å². The fourth-order valence-electron chi connectivity index (χ4n) is 2.80. The Labute approximate surface area is 163 Å². The van der Waals surface area contributed by atoms with Crippen LogP contribution in [-0.2, 0) is 15.8 Å². The summed E-state index contributed by atoms with van der Waals surface area (Å²) in [6.07, 6.45) is 1.82. The maximum Gasteiger partial charge on any atom is 0.255 e. The Balaban J connectivity index is 1.66. The Morgan fingerprint density at radius 2 is 1.65 bits per heavy atom. The number of carbonyl (C=O) groups excluding carboxylic acids is 1. The second-order valence-electron chi connectivity index (χ2n) is 6.14. The molecule has 1 aliphatic heterocycles. The molecular formula is C18H18Cl2N2O3S. The topological polar surface area (TPSA) is 66.5 Å². The van der Waals surface area contributed by atoms with E-state index in [0.717, 1.165) is 12.8 Å². The minimum absolute atomic E-state index is 0.0539. The number of benzene rings is 2. The summed E-state index contributed by atoms with van der Waals surface area (Å²) in [6.45, 7) is 1.18. The Bertz CT molecular complexity index is 909. The number of amides is 1. The Hall–Kier alpha value is -1.60. The van der Waals surface area contributed by atoms with Crippen LogP contribution in [0.25, 0.3) is 0 Å². The molecule has 1 saturated heterocycles.